The minimum absolute atomic E-state index is 0.160. The van der Waals surface area contributed by atoms with Gasteiger partial charge in [0.1, 0.15) is 5.75 Å². The highest BCUT2D eigenvalue weighted by Crippen LogP contribution is 2.26. The maximum Gasteiger partial charge on any atom is 0.284 e. The topological polar surface area (TPSA) is 65.2 Å². The number of hydrogen-bond acceptors (Lipinski definition) is 6. The van der Waals surface area contributed by atoms with Crippen LogP contribution in [0.4, 0.5) is 0 Å². The third-order valence-corrected chi connectivity index (χ3v) is 3.97. The fraction of sp³-hybridized carbons (Fsp3) is 0.118. The molecular weight excluding hydrogens is 312 g/mol. The van der Waals surface area contributed by atoms with E-state index in [0.717, 1.165) is 22.9 Å². The first-order chi connectivity index (χ1) is 11.2. The van der Waals surface area contributed by atoms with Crippen molar-refractivity contribution in [3.8, 4) is 17.2 Å². The van der Waals surface area contributed by atoms with E-state index in [2.05, 4.69) is 10.2 Å². The van der Waals surface area contributed by atoms with Crippen molar-refractivity contribution in [2.75, 3.05) is 7.11 Å². The Morgan fingerprint density at radius 1 is 1.04 bits per heavy atom. The first kappa shape index (κ1) is 15.3. The number of aromatic nitrogens is 2. The van der Waals surface area contributed by atoms with Crippen LogP contribution in [0.2, 0.25) is 0 Å². The van der Waals surface area contributed by atoms with E-state index in [1.54, 1.807) is 31.4 Å². The van der Waals surface area contributed by atoms with Gasteiger partial charge in [-0.25, -0.2) is 0 Å². The predicted molar refractivity (Wildman–Crippen MR) is 87.7 cm³/mol. The zero-order valence-corrected chi connectivity index (χ0v) is 13.5. The number of rotatable bonds is 4. The van der Waals surface area contributed by atoms with E-state index in [9.17, 15) is 4.79 Å². The van der Waals surface area contributed by atoms with E-state index < -0.39 is 0 Å². The number of ether oxygens (including phenoxy) is 1. The van der Waals surface area contributed by atoms with Crippen molar-refractivity contribution in [2.24, 2.45) is 0 Å². The monoisotopic (exact) mass is 326 g/mol. The van der Waals surface area contributed by atoms with Crippen molar-refractivity contribution >= 4 is 16.9 Å². The fourth-order valence-electron chi connectivity index (χ4n) is 1.93. The molecule has 0 saturated carbocycles. The van der Waals surface area contributed by atoms with Crippen molar-refractivity contribution in [3.05, 3.63) is 59.7 Å². The molecule has 0 spiro atoms. The standard InChI is InChI=1S/C17H14N2O3S/c1-11-3-5-12(6-4-11)15-18-19-17(22-15)23-16(20)13-7-9-14(21-2)10-8-13/h3-10H,1-2H3. The van der Waals surface area contributed by atoms with Crippen LogP contribution in [0.3, 0.4) is 0 Å². The van der Waals surface area contributed by atoms with Crippen molar-refractivity contribution < 1.29 is 13.9 Å². The molecule has 0 atom stereocenters. The molecule has 0 saturated heterocycles. The molecule has 5 nitrogen and oxygen atoms in total. The molecular formula is C17H14N2O3S. The molecule has 1 heterocycles. The number of hydrogen-bond donors (Lipinski definition) is 0. The summed E-state index contributed by atoms with van der Waals surface area (Å²) in [5.74, 6) is 1.10. The first-order valence-corrected chi connectivity index (χ1v) is 7.74. The highest BCUT2D eigenvalue weighted by Gasteiger charge is 2.15. The van der Waals surface area contributed by atoms with Gasteiger partial charge in [0, 0.05) is 22.9 Å². The van der Waals surface area contributed by atoms with E-state index in [1.165, 1.54) is 0 Å². The third kappa shape index (κ3) is 3.60. The molecule has 0 aliphatic rings. The minimum atomic E-state index is -0.160. The van der Waals surface area contributed by atoms with Crippen molar-refractivity contribution in [1.82, 2.24) is 10.2 Å². The van der Waals surface area contributed by atoms with Crippen LogP contribution < -0.4 is 4.74 Å². The second kappa shape index (κ2) is 6.66. The predicted octanol–water partition coefficient (Wildman–Crippen LogP) is 3.99. The summed E-state index contributed by atoms with van der Waals surface area (Å²) in [5, 5.41) is 7.96. The number of methoxy groups -OCH3 is 1. The lowest BCUT2D eigenvalue weighted by Gasteiger charge is -2.00. The van der Waals surface area contributed by atoms with Gasteiger partial charge in [0.25, 0.3) is 5.22 Å². The molecule has 0 bridgehead atoms. The molecule has 116 valence electrons. The average molecular weight is 326 g/mol. The van der Waals surface area contributed by atoms with E-state index in [-0.39, 0.29) is 10.3 Å². The molecule has 6 heteroatoms. The minimum Gasteiger partial charge on any atom is -0.497 e. The van der Waals surface area contributed by atoms with Crippen LogP contribution in [0.1, 0.15) is 15.9 Å². The Balaban J connectivity index is 1.73. The normalized spacial score (nSPS) is 10.5. The molecule has 2 aromatic carbocycles. The summed E-state index contributed by atoms with van der Waals surface area (Å²) >= 11 is 0.909. The largest absolute Gasteiger partial charge is 0.497 e. The van der Waals surface area contributed by atoms with Gasteiger partial charge in [0.2, 0.25) is 11.0 Å². The van der Waals surface area contributed by atoms with Gasteiger partial charge in [-0.05, 0) is 43.3 Å². The summed E-state index contributed by atoms with van der Waals surface area (Å²) in [6.07, 6.45) is 0. The zero-order chi connectivity index (χ0) is 16.2. The average Bonchev–Trinajstić information content (AvgIpc) is 3.04. The lowest BCUT2D eigenvalue weighted by molar-refractivity contribution is 0.108. The van der Waals surface area contributed by atoms with Crippen molar-refractivity contribution in [3.63, 3.8) is 0 Å². The number of carbonyl (C=O) groups excluding carboxylic acids is 1. The fourth-order valence-corrected chi connectivity index (χ4v) is 2.54. The van der Waals surface area contributed by atoms with Gasteiger partial charge in [0.05, 0.1) is 7.11 Å². The molecule has 0 aliphatic carbocycles. The Labute approximate surface area is 137 Å². The van der Waals surface area contributed by atoms with Crippen molar-refractivity contribution in [2.45, 2.75) is 12.1 Å². The number of thioether (sulfide) groups is 1. The van der Waals surface area contributed by atoms with Crippen LogP contribution in [-0.4, -0.2) is 22.4 Å². The highest BCUT2D eigenvalue weighted by atomic mass is 32.2. The van der Waals surface area contributed by atoms with E-state index in [1.807, 2.05) is 31.2 Å². The highest BCUT2D eigenvalue weighted by molar-refractivity contribution is 8.14. The summed E-state index contributed by atoms with van der Waals surface area (Å²) in [6, 6.07) is 14.6. The Morgan fingerprint density at radius 3 is 2.39 bits per heavy atom. The second-order valence-corrected chi connectivity index (χ2v) is 5.78. The van der Waals surface area contributed by atoms with E-state index in [4.69, 9.17) is 9.15 Å². The van der Waals surface area contributed by atoms with Crippen molar-refractivity contribution in [1.29, 1.82) is 0 Å². The van der Waals surface area contributed by atoms with E-state index in [0.29, 0.717) is 17.2 Å². The molecule has 1 aromatic heterocycles. The molecule has 23 heavy (non-hydrogen) atoms. The molecule has 3 aromatic rings. The number of benzene rings is 2. The maximum atomic E-state index is 12.2. The molecule has 0 radical (unpaired) electrons. The zero-order valence-electron chi connectivity index (χ0n) is 12.6. The SMILES string of the molecule is COc1ccc(C(=O)Sc2nnc(-c3ccc(C)cc3)o2)cc1. The van der Waals surface area contributed by atoms with Crippen LogP contribution in [0.5, 0.6) is 5.75 Å². The van der Waals surface area contributed by atoms with Gasteiger partial charge in [0.15, 0.2) is 0 Å². The first-order valence-electron chi connectivity index (χ1n) is 6.92. The maximum absolute atomic E-state index is 12.2. The van der Waals surface area contributed by atoms with Crippen LogP contribution in [0.25, 0.3) is 11.5 Å². The Bertz CT molecular complexity index is 811. The Hall–Kier alpha value is -2.60. The van der Waals surface area contributed by atoms with E-state index >= 15 is 0 Å². The molecule has 0 unspecified atom stereocenters. The molecule has 0 fully saturated rings. The number of nitrogens with zero attached hydrogens (tertiary/aromatic N) is 2. The summed E-state index contributed by atoms with van der Waals surface area (Å²) in [7, 11) is 1.58. The van der Waals surface area contributed by atoms with Gasteiger partial charge in [-0.1, -0.05) is 17.7 Å². The summed E-state index contributed by atoms with van der Waals surface area (Å²) < 4.78 is 10.6. The van der Waals surface area contributed by atoms with Crippen LogP contribution in [0.15, 0.2) is 58.2 Å². The summed E-state index contributed by atoms with van der Waals surface area (Å²) in [5.41, 5.74) is 2.52. The molecule has 0 amide bonds. The Morgan fingerprint density at radius 2 is 1.74 bits per heavy atom. The summed E-state index contributed by atoms with van der Waals surface area (Å²) in [6.45, 7) is 2.01. The lowest BCUT2D eigenvalue weighted by atomic mass is 10.1. The van der Waals surface area contributed by atoms with Crippen LogP contribution >= 0.6 is 11.8 Å². The second-order valence-electron chi connectivity index (χ2n) is 4.86. The molecule has 0 N–H and O–H groups in total. The third-order valence-electron chi connectivity index (χ3n) is 3.21. The Kier molecular flexibility index (Phi) is 4.43. The van der Waals surface area contributed by atoms with Gasteiger partial charge >= 0.3 is 0 Å². The van der Waals surface area contributed by atoms with Crippen LogP contribution in [-0.2, 0) is 0 Å². The van der Waals surface area contributed by atoms with Gasteiger partial charge in [-0.15, -0.1) is 10.2 Å². The lowest BCUT2D eigenvalue weighted by Crippen LogP contribution is -1.93. The molecule has 3 rings (SSSR count). The smallest absolute Gasteiger partial charge is 0.284 e. The summed E-state index contributed by atoms with van der Waals surface area (Å²) in [4.78, 5) is 12.2. The van der Waals surface area contributed by atoms with Gasteiger partial charge in [-0.3, -0.25) is 4.79 Å². The van der Waals surface area contributed by atoms with Gasteiger partial charge in [-0.2, -0.15) is 0 Å². The van der Waals surface area contributed by atoms with Crippen LogP contribution in [0, 0.1) is 6.92 Å². The number of carbonyl (C=O) groups is 1. The van der Waals surface area contributed by atoms with Gasteiger partial charge < -0.3 is 9.15 Å². The number of aryl methyl sites for hydroxylation is 1. The molecule has 0 aliphatic heterocycles. The quantitative estimate of drug-likeness (QED) is 0.676.